The number of aliphatic hydroxyl groups is 1. The van der Waals surface area contributed by atoms with Crippen LogP contribution in [0.2, 0.25) is 0 Å². The molecule has 0 radical (unpaired) electrons. The lowest BCUT2D eigenvalue weighted by Gasteiger charge is -2.18. The number of hydrogen-bond acceptors (Lipinski definition) is 2. The standard InChI is InChI=1S/C19H23O2P/c1-17(14-15-20)9-8-16-22(21,18-10-4-2-5-11-18)19-12-6-3-7-13-19/h2-13,17,20H,14-16H2,1H3/b9-8+. The van der Waals surface area contributed by atoms with Crippen molar-refractivity contribution in [3.05, 3.63) is 72.8 Å². The Morgan fingerprint density at radius 1 is 1.00 bits per heavy atom. The van der Waals surface area contributed by atoms with Gasteiger partial charge in [0.05, 0.1) is 0 Å². The molecule has 2 aromatic rings. The van der Waals surface area contributed by atoms with E-state index < -0.39 is 7.14 Å². The third-order valence-electron chi connectivity index (χ3n) is 3.76. The first-order chi connectivity index (χ1) is 10.7. The van der Waals surface area contributed by atoms with Crippen LogP contribution in [0.1, 0.15) is 13.3 Å². The van der Waals surface area contributed by atoms with Crippen LogP contribution < -0.4 is 10.6 Å². The van der Waals surface area contributed by atoms with Gasteiger partial charge in [-0.15, -0.1) is 0 Å². The van der Waals surface area contributed by atoms with Gasteiger partial charge in [0.25, 0.3) is 0 Å². The van der Waals surface area contributed by atoms with Gasteiger partial charge in [-0.05, 0) is 12.3 Å². The van der Waals surface area contributed by atoms with E-state index in [1.54, 1.807) is 0 Å². The average molecular weight is 314 g/mol. The molecule has 0 fully saturated rings. The second kappa shape index (κ2) is 8.12. The van der Waals surface area contributed by atoms with Gasteiger partial charge in [-0.1, -0.05) is 79.7 Å². The lowest BCUT2D eigenvalue weighted by Crippen LogP contribution is -2.17. The van der Waals surface area contributed by atoms with Crippen molar-refractivity contribution < 1.29 is 9.67 Å². The Morgan fingerprint density at radius 3 is 1.95 bits per heavy atom. The quantitative estimate of drug-likeness (QED) is 0.626. The Hall–Kier alpha value is -1.63. The van der Waals surface area contributed by atoms with Gasteiger partial charge in [-0.25, -0.2) is 0 Å². The van der Waals surface area contributed by atoms with E-state index in [9.17, 15) is 4.57 Å². The Morgan fingerprint density at radius 2 is 1.50 bits per heavy atom. The topological polar surface area (TPSA) is 37.3 Å². The molecule has 0 saturated heterocycles. The SMILES string of the molecule is CC(/C=C/CP(=O)(c1ccccc1)c1ccccc1)CCO. The molecule has 0 amide bonds. The molecule has 2 aromatic carbocycles. The molecule has 1 atom stereocenters. The number of aliphatic hydroxyl groups excluding tert-OH is 1. The van der Waals surface area contributed by atoms with Gasteiger partial charge in [0.2, 0.25) is 0 Å². The van der Waals surface area contributed by atoms with Crippen LogP contribution >= 0.6 is 7.14 Å². The molecule has 2 nitrogen and oxygen atoms in total. The maximum Gasteiger partial charge on any atom is 0.146 e. The maximum absolute atomic E-state index is 13.7. The summed E-state index contributed by atoms with van der Waals surface area (Å²) < 4.78 is 13.7. The second-order valence-electron chi connectivity index (χ2n) is 5.51. The fraction of sp³-hybridized carbons (Fsp3) is 0.263. The van der Waals surface area contributed by atoms with Crippen LogP contribution in [0.5, 0.6) is 0 Å². The van der Waals surface area contributed by atoms with Crippen molar-refractivity contribution in [3.8, 4) is 0 Å². The van der Waals surface area contributed by atoms with E-state index >= 15 is 0 Å². The Labute approximate surface area is 132 Å². The van der Waals surface area contributed by atoms with Crippen LogP contribution in [0.4, 0.5) is 0 Å². The Balaban J connectivity index is 2.30. The van der Waals surface area contributed by atoms with E-state index in [1.165, 1.54) is 0 Å². The van der Waals surface area contributed by atoms with E-state index in [2.05, 4.69) is 13.0 Å². The molecular formula is C19H23O2P. The van der Waals surface area contributed by atoms with Crippen molar-refractivity contribution in [2.75, 3.05) is 12.8 Å². The van der Waals surface area contributed by atoms with Gasteiger partial charge in [0, 0.05) is 23.4 Å². The lowest BCUT2D eigenvalue weighted by atomic mass is 10.1. The van der Waals surface area contributed by atoms with Crippen LogP contribution in [-0.4, -0.2) is 17.9 Å². The van der Waals surface area contributed by atoms with Crippen LogP contribution in [0, 0.1) is 5.92 Å². The lowest BCUT2D eigenvalue weighted by molar-refractivity contribution is 0.274. The van der Waals surface area contributed by atoms with E-state index in [1.807, 2.05) is 66.7 Å². The van der Waals surface area contributed by atoms with E-state index in [0.29, 0.717) is 12.1 Å². The largest absolute Gasteiger partial charge is 0.396 e. The smallest absolute Gasteiger partial charge is 0.146 e. The average Bonchev–Trinajstić information content (AvgIpc) is 2.56. The minimum Gasteiger partial charge on any atom is -0.396 e. The van der Waals surface area contributed by atoms with Gasteiger partial charge < -0.3 is 9.67 Å². The summed E-state index contributed by atoms with van der Waals surface area (Å²) in [5.74, 6) is 0.296. The first kappa shape index (κ1) is 16.7. The zero-order chi connectivity index (χ0) is 15.8. The van der Waals surface area contributed by atoms with E-state index in [0.717, 1.165) is 17.0 Å². The highest BCUT2D eigenvalue weighted by atomic mass is 31.2. The summed E-state index contributed by atoms with van der Waals surface area (Å²) in [7, 11) is -2.65. The Bertz CT molecular complexity index is 591. The third kappa shape index (κ3) is 4.19. The first-order valence-electron chi connectivity index (χ1n) is 7.64. The molecule has 0 spiro atoms. The summed E-state index contributed by atoms with van der Waals surface area (Å²) >= 11 is 0. The predicted molar refractivity (Wildman–Crippen MR) is 94.6 cm³/mol. The summed E-state index contributed by atoms with van der Waals surface area (Å²) in [5, 5.41) is 10.7. The summed E-state index contributed by atoms with van der Waals surface area (Å²) in [5.41, 5.74) is 0. The molecule has 0 saturated carbocycles. The number of rotatable bonds is 7. The molecule has 0 aliphatic carbocycles. The van der Waals surface area contributed by atoms with Crippen LogP contribution in [0.25, 0.3) is 0 Å². The highest BCUT2D eigenvalue weighted by Gasteiger charge is 2.25. The minimum absolute atomic E-state index is 0.181. The van der Waals surface area contributed by atoms with Crippen molar-refractivity contribution in [1.82, 2.24) is 0 Å². The highest BCUT2D eigenvalue weighted by Crippen LogP contribution is 2.43. The summed E-state index contributed by atoms with van der Waals surface area (Å²) in [6.45, 7) is 2.24. The fourth-order valence-corrected chi connectivity index (χ4v) is 4.88. The van der Waals surface area contributed by atoms with Gasteiger partial charge in [0.1, 0.15) is 7.14 Å². The first-order valence-corrected chi connectivity index (χ1v) is 9.54. The predicted octanol–water partition coefficient (Wildman–Crippen LogP) is 3.58. The molecule has 1 unspecified atom stereocenters. The van der Waals surface area contributed by atoms with Gasteiger partial charge in [-0.3, -0.25) is 0 Å². The second-order valence-corrected chi connectivity index (χ2v) is 8.39. The fourth-order valence-electron chi connectivity index (χ4n) is 2.44. The molecule has 116 valence electrons. The van der Waals surface area contributed by atoms with E-state index in [4.69, 9.17) is 5.11 Å². The van der Waals surface area contributed by atoms with Crippen LogP contribution in [0.3, 0.4) is 0 Å². The van der Waals surface area contributed by atoms with Crippen LogP contribution in [-0.2, 0) is 4.57 Å². The molecule has 22 heavy (non-hydrogen) atoms. The monoisotopic (exact) mass is 314 g/mol. The van der Waals surface area contributed by atoms with Crippen molar-refractivity contribution in [2.24, 2.45) is 5.92 Å². The third-order valence-corrected chi connectivity index (χ3v) is 6.75. The molecule has 1 N–H and O–H groups in total. The van der Waals surface area contributed by atoms with Crippen molar-refractivity contribution >= 4 is 17.8 Å². The van der Waals surface area contributed by atoms with E-state index in [-0.39, 0.29) is 6.61 Å². The van der Waals surface area contributed by atoms with Gasteiger partial charge in [0.15, 0.2) is 0 Å². The molecular weight excluding hydrogens is 291 g/mol. The maximum atomic E-state index is 13.7. The molecule has 2 rings (SSSR count). The number of allylic oxidation sites excluding steroid dienone is 2. The minimum atomic E-state index is -2.65. The zero-order valence-corrected chi connectivity index (χ0v) is 13.8. The molecule has 0 aliphatic heterocycles. The summed E-state index contributed by atoms with van der Waals surface area (Å²) in [6.07, 6.45) is 5.30. The number of benzene rings is 2. The van der Waals surface area contributed by atoms with Gasteiger partial charge >= 0.3 is 0 Å². The summed E-state index contributed by atoms with van der Waals surface area (Å²) in [6, 6.07) is 19.4. The van der Waals surface area contributed by atoms with Crippen molar-refractivity contribution in [3.63, 3.8) is 0 Å². The molecule has 0 aliphatic rings. The highest BCUT2D eigenvalue weighted by molar-refractivity contribution is 7.78. The molecule has 0 aromatic heterocycles. The number of hydrogen-bond donors (Lipinski definition) is 1. The zero-order valence-electron chi connectivity index (χ0n) is 12.9. The van der Waals surface area contributed by atoms with Crippen LogP contribution in [0.15, 0.2) is 72.8 Å². The molecule has 3 heteroatoms. The van der Waals surface area contributed by atoms with Crippen molar-refractivity contribution in [1.29, 1.82) is 0 Å². The van der Waals surface area contributed by atoms with Gasteiger partial charge in [-0.2, -0.15) is 0 Å². The molecule has 0 heterocycles. The molecule has 0 bridgehead atoms. The summed E-state index contributed by atoms with van der Waals surface area (Å²) in [4.78, 5) is 0. The van der Waals surface area contributed by atoms with Crippen molar-refractivity contribution in [2.45, 2.75) is 13.3 Å². The normalized spacial score (nSPS) is 13.4. The Kier molecular flexibility index (Phi) is 6.18.